The Bertz CT molecular complexity index is 1070. The van der Waals surface area contributed by atoms with Gasteiger partial charge in [0.1, 0.15) is 12.6 Å². The van der Waals surface area contributed by atoms with Crippen LogP contribution in [-0.4, -0.2) is 50.0 Å². The summed E-state index contributed by atoms with van der Waals surface area (Å²) in [5, 5.41) is 2.92. The molecule has 0 spiro atoms. The van der Waals surface area contributed by atoms with Crippen LogP contribution in [0, 0.1) is 6.92 Å². The lowest BCUT2D eigenvalue weighted by Gasteiger charge is -2.32. The van der Waals surface area contributed by atoms with Crippen molar-refractivity contribution < 1.29 is 18.0 Å². The molecule has 0 fully saturated rings. The highest BCUT2D eigenvalue weighted by molar-refractivity contribution is 7.92. The highest BCUT2D eigenvalue weighted by atomic mass is 32.2. The molecule has 0 aliphatic rings. The summed E-state index contributed by atoms with van der Waals surface area (Å²) in [7, 11) is -3.73. The number of benzene rings is 2. The Balaban J connectivity index is 2.36. The van der Waals surface area contributed by atoms with E-state index in [9.17, 15) is 18.0 Å². The number of nitrogens with one attached hydrogen (secondary N) is 1. The van der Waals surface area contributed by atoms with Gasteiger partial charge in [0, 0.05) is 12.6 Å². The molecular weight excluding hydrogens is 450 g/mol. The minimum atomic E-state index is -3.73. The van der Waals surface area contributed by atoms with E-state index in [2.05, 4.69) is 5.32 Å². The van der Waals surface area contributed by atoms with Crippen LogP contribution >= 0.6 is 0 Å². The molecule has 1 N–H and O–H groups in total. The summed E-state index contributed by atoms with van der Waals surface area (Å²) < 4.78 is 26.3. The predicted octanol–water partition coefficient (Wildman–Crippen LogP) is 3.66. The largest absolute Gasteiger partial charge is 0.352 e. The van der Waals surface area contributed by atoms with Gasteiger partial charge in [-0.1, -0.05) is 55.8 Å². The molecule has 7 nitrogen and oxygen atoms in total. The lowest BCUT2D eigenvalue weighted by Crippen LogP contribution is -2.52. The van der Waals surface area contributed by atoms with Crippen LogP contribution in [0.1, 0.15) is 50.8 Å². The first-order valence-corrected chi connectivity index (χ1v) is 13.5. The molecule has 0 radical (unpaired) electrons. The summed E-state index contributed by atoms with van der Waals surface area (Å²) in [6, 6.07) is 14.0. The van der Waals surface area contributed by atoms with Crippen LogP contribution < -0.4 is 9.62 Å². The normalized spacial score (nSPS) is 13.1. The fourth-order valence-electron chi connectivity index (χ4n) is 3.45. The average molecular weight is 488 g/mol. The number of rotatable bonds is 11. The van der Waals surface area contributed by atoms with E-state index < -0.39 is 28.5 Å². The van der Waals surface area contributed by atoms with Gasteiger partial charge in [0.2, 0.25) is 21.8 Å². The first-order valence-electron chi connectivity index (χ1n) is 11.7. The van der Waals surface area contributed by atoms with Gasteiger partial charge < -0.3 is 10.2 Å². The molecule has 0 saturated heterocycles. The van der Waals surface area contributed by atoms with E-state index in [0.717, 1.165) is 40.1 Å². The molecular formula is C26H37N3O4S. The number of amides is 2. The Morgan fingerprint density at radius 1 is 0.941 bits per heavy atom. The second-order valence-corrected chi connectivity index (χ2v) is 10.7. The van der Waals surface area contributed by atoms with Crippen LogP contribution in [0.15, 0.2) is 48.5 Å². The summed E-state index contributed by atoms with van der Waals surface area (Å²) in [4.78, 5) is 27.8. The molecule has 34 heavy (non-hydrogen) atoms. The molecule has 0 aliphatic carbocycles. The van der Waals surface area contributed by atoms with Gasteiger partial charge in [-0.05, 0) is 56.9 Å². The highest BCUT2D eigenvalue weighted by Gasteiger charge is 2.30. The summed E-state index contributed by atoms with van der Waals surface area (Å²) in [5.74, 6) is -0.717. The summed E-state index contributed by atoms with van der Waals surface area (Å²) in [5.41, 5.74) is 3.43. The average Bonchev–Trinajstić information content (AvgIpc) is 2.80. The lowest BCUT2D eigenvalue weighted by molar-refractivity contribution is -0.139. The fraction of sp³-hybridized carbons (Fsp3) is 0.462. The quantitative estimate of drug-likeness (QED) is 0.524. The molecule has 0 aromatic heterocycles. The van der Waals surface area contributed by atoms with Crippen LogP contribution in [-0.2, 0) is 32.6 Å². The Hall–Kier alpha value is -2.87. The number of aryl methyl sites for hydroxylation is 2. The van der Waals surface area contributed by atoms with E-state index in [4.69, 9.17) is 0 Å². The first kappa shape index (κ1) is 27.4. The Labute approximate surface area is 204 Å². The van der Waals surface area contributed by atoms with Gasteiger partial charge in [-0.25, -0.2) is 8.42 Å². The smallest absolute Gasteiger partial charge is 0.244 e. The summed E-state index contributed by atoms with van der Waals surface area (Å²) in [6.45, 7) is 9.34. The van der Waals surface area contributed by atoms with Gasteiger partial charge >= 0.3 is 0 Å². The number of anilines is 1. The van der Waals surface area contributed by atoms with Gasteiger partial charge in [0.15, 0.2) is 0 Å². The lowest BCUT2D eigenvalue weighted by atomic mass is 10.1. The van der Waals surface area contributed by atoms with E-state index in [1.807, 2.05) is 64.1 Å². The molecule has 2 rings (SSSR count). The van der Waals surface area contributed by atoms with E-state index in [0.29, 0.717) is 5.69 Å². The van der Waals surface area contributed by atoms with Gasteiger partial charge in [0.05, 0.1) is 11.9 Å². The van der Waals surface area contributed by atoms with Crippen molar-refractivity contribution >= 4 is 27.5 Å². The van der Waals surface area contributed by atoms with Crippen LogP contribution in [0.5, 0.6) is 0 Å². The van der Waals surface area contributed by atoms with Crippen LogP contribution in [0.2, 0.25) is 0 Å². The number of carbonyl (C=O) groups excluding carboxylic acids is 2. The summed E-state index contributed by atoms with van der Waals surface area (Å²) >= 11 is 0. The van der Waals surface area contributed by atoms with Gasteiger partial charge in [0.25, 0.3) is 0 Å². The molecule has 0 bridgehead atoms. The summed E-state index contributed by atoms with van der Waals surface area (Å²) in [6.07, 6.45) is 2.67. The van der Waals surface area contributed by atoms with Gasteiger partial charge in [-0.3, -0.25) is 13.9 Å². The molecule has 2 aromatic carbocycles. The van der Waals surface area contributed by atoms with Crippen molar-refractivity contribution in [3.05, 3.63) is 65.2 Å². The van der Waals surface area contributed by atoms with Crippen molar-refractivity contribution in [2.24, 2.45) is 0 Å². The second-order valence-electron chi connectivity index (χ2n) is 8.79. The maximum atomic E-state index is 13.5. The molecule has 0 heterocycles. The zero-order chi connectivity index (χ0) is 25.5. The second kappa shape index (κ2) is 12.0. The zero-order valence-electron chi connectivity index (χ0n) is 21.0. The molecule has 0 saturated carbocycles. The zero-order valence-corrected chi connectivity index (χ0v) is 21.9. The van der Waals surface area contributed by atoms with Crippen LogP contribution in [0.3, 0.4) is 0 Å². The third-order valence-electron chi connectivity index (χ3n) is 5.95. The van der Waals surface area contributed by atoms with Crippen molar-refractivity contribution in [3.63, 3.8) is 0 Å². The van der Waals surface area contributed by atoms with Crippen molar-refractivity contribution in [2.45, 2.75) is 66.1 Å². The van der Waals surface area contributed by atoms with Crippen molar-refractivity contribution in [1.29, 1.82) is 0 Å². The third kappa shape index (κ3) is 7.58. The molecule has 2 amide bonds. The highest BCUT2D eigenvalue weighted by Crippen LogP contribution is 2.20. The van der Waals surface area contributed by atoms with Gasteiger partial charge in [-0.2, -0.15) is 0 Å². The molecule has 2 unspecified atom stereocenters. The number of carbonyl (C=O) groups is 2. The number of sulfonamides is 1. The SMILES string of the molecule is CCc1ccc(N(CC(=O)N(Cc2ccc(C)cc2)C(C)C(=O)NC(C)CC)S(C)(=O)=O)cc1. The maximum absolute atomic E-state index is 13.5. The molecule has 186 valence electrons. The Morgan fingerprint density at radius 2 is 1.50 bits per heavy atom. The molecule has 0 aliphatic heterocycles. The predicted molar refractivity (Wildman–Crippen MR) is 137 cm³/mol. The fourth-order valence-corrected chi connectivity index (χ4v) is 4.30. The van der Waals surface area contributed by atoms with Crippen LogP contribution in [0.25, 0.3) is 0 Å². The minimum Gasteiger partial charge on any atom is -0.352 e. The number of hydrogen-bond donors (Lipinski definition) is 1. The first-order chi connectivity index (χ1) is 16.0. The van der Waals surface area contributed by atoms with Crippen LogP contribution in [0.4, 0.5) is 5.69 Å². The number of hydrogen-bond acceptors (Lipinski definition) is 4. The molecule has 2 aromatic rings. The Morgan fingerprint density at radius 3 is 2.00 bits per heavy atom. The molecule has 2 atom stereocenters. The monoisotopic (exact) mass is 487 g/mol. The number of nitrogens with zero attached hydrogens (tertiary/aromatic N) is 2. The van der Waals surface area contributed by atoms with E-state index >= 15 is 0 Å². The van der Waals surface area contributed by atoms with Crippen molar-refractivity contribution in [1.82, 2.24) is 10.2 Å². The minimum absolute atomic E-state index is 0.0316. The van der Waals surface area contributed by atoms with E-state index in [-0.39, 0.29) is 18.5 Å². The van der Waals surface area contributed by atoms with Gasteiger partial charge in [-0.15, -0.1) is 0 Å². The van der Waals surface area contributed by atoms with Crippen molar-refractivity contribution in [2.75, 3.05) is 17.1 Å². The van der Waals surface area contributed by atoms with Crippen molar-refractivity contribution in [3.8, 4) is 0 Å². The Kier molecular flexibility index (Phi) is 9.67. The van der Waals surface area contributed by atoms with E-state index in [1.54, 1.807) is 19.1 Å². The topological polar surface area (TPSA) is 86.8 Å². The standard InChI is InChI=1S/C26H37N3O4S/c1-7-20(4)27-26(31)21(5)28(17-23-11-9-19(3)10-12-23)25(30)18-29(34(6,32)33)24-15-13-22(8-2)14-16-24/h9-16,20-21H,7-8,17-18H2,1-6H3,(H,27,31). The maximum Gasteiger partial charge on any atom is 0.244 e. The molecule has 8 heteroatoms. The van der Waals surface area contributed by atoms with E-state index in [1.165, 1.54) is 4.90 Å². The third-order valence-corrected chi connectivity index (χ3v) is 7.09.